The summed E-state index contributed by atoms with van der Waals surface area (Å²) in [5, 5.41) is 8.18. The van der Waals surface area contributed by atoms with Crippen molar-refractivity contribution in [2.75, 3.05) is 11.9 Å². The molecule has 2 aromatic rings. The topological polar surface area (TPSA) is 55.6 Å². The molecule has 0 bridgehead atoms. The summed E-state index contributed by atoms with van der Waals surface area (Å²) in [5.41, 5.74) is 0. The Morgan fingerprint density at radius 3 is 3.14 bits per heavy atom. The van der Waals surface area contributed by atoms with Crippen LogP contribution in [-0.4, -0.2) is 26.3 Å². The average molecular weight is 209 g/mol. The summed E-state index contributed by atoms with van der Waals surface area (Å²) in [4.78, 5) is 9.28. The SMILES string of the molecule is Cc1cnc(NCCn2cncn2)s1. The molecule has 2 heterocycles. The van der Waals surface area contributed by atoms with E-state index >= 15 is 0 Å². The van der Waals surface area contributed by atoms with Gasteiger partial charge in [0.15, 0.2) is 5.13 Å². The smallest absolute Gasteiger partial charge is 0.182 e. The van der Waals surface area contributed by atoms with E-state index in [2.05, 4.69) is 20.4 Å². The summed E-state index contributed by atoms with van der Waals surface area (Å²) in [5.74, 6) is 0. The quantitative estimate of drug-likeness (QED) is 0.820. The summed E-state index contributed by atoms with van der Waals surface area (Å²) < 4.78 is 1.79. The number of thiazole rings is 1. The number of rotatable bonds is 4. The normalized spacial score (nSPS) is 10.4. The minimum Gasteiger partial charge on any atom is -0.360 e. The Bertz CT molecular complexity index is 380. The van der Waals surface area contributed by atoms with Crippen LogP contribution in [0.3, 0.4) is 0 Å². The van der Waals surface area contributed by atoms with Crippen LogP contribution in [0.25, 0.3) is 0 Å². The molecule has 0 aliphatic heterocycles. The molecule has 0 aliphatic carbocycles. The molecule has 2 aromatic heterocycles. The van der Waals surface area contributed by atoms with E-state index in [9.17, 15) is 0 Å². The highest BCUT2D eigenvalue weighted by Gasteiger charge is 1.96. The van der Waals surface area contributed by atoms with Crippen LogP contribution >= 0.6 is 11.3 Å². The third-order valence-electron chi connectivity index (χ3n) is 1.70. The molecule has 0 spiro atoms. The summed E-state index contributed by atoms with van der Waals surface area (Å²) in [6.07, 6.45) is 5.10. The summed E-state index contributed by atoms with van der Waals surface area (Å²) in [6.45, 7) is 3.66. The van der Waals surface area contributed by atoms with Crippen molar-refractivity contribution in [3.8, 4) is 0 Å². The van der Waals surface area contributed by atoms with Crippen molar-refractivity contribution in [3.05, 3.63) is 23.7 Å². The van der Waals surface area contributed by atoms with Crippen LogP contribution in [-0.2, 0) is 6.54 Å². The summed E-state index contributed by atoms with van der Waals surface area (Å²) >= 11 is 1.66. The minimum absolute atomic E-state index is 0.804. The predicted octanol–water partition coefficient (Wildman–Crippen LogP) is 1.16. The number of anilines is 1. The average Bonchev–Trinajstić information content (AvgIpc) is 2.77. The highest BCUT2D eigenvalue weighted by atomic mass is 32.1. The summed E-state index contributed by atoms with van der Waals surface area (Å²) in [6, 6.07) is 0. The van der Waals surface area contributed by atoms with Crippen LogP contribution in [0, 0.1) is 6.92 Å². The fraction of sp³-hybridized carbons (Fsp3) is 0.375. The monoisotopic (exact) mass is 209 g/mol. The Kier molecular flexibility index (Phi) is 2.73. The fourth-order valence-electron chi connectivity index (χ4n) is 1.06. The van der Waals surface area contributed by atoms with Crippen molar-refractivity contribution < 1.29 is 0 Å². The largest absolute Gasteiger partial charge is 0.360 e. The van der Waals surface area contributed by atoms with Crippen LogP contribution < -0.4 is 5.32 Å². The fourth-order valence-corrected chi connectivity index (χ4v) is 1.75. The third-order valence-corrected chi connectivity index (χ3v) is 2.58. The molecular weight excluding hydrogens is 198 g/mol. The van der Waals surface area contributed by atoms with Crippen LogP contribution in [0.4, 0.5) is 5.13 Å². The minimum atomic E-state index is 0.804. The highest BCUT2D eigenvalue weighted by Crippen LogP contribution is 2.15. The van der Waals surface area contributed by atoms with Gasteiger partial charge in [-0.25, -0.2) is 9.97 Å². The zero-order valence-electron chi connectivity index (χ0n) is 7.84. The van der Waals surface area contributed by atoms with Crippen molar-refractivity contribution in [3.63, 3.8) is 0 Å². The molecule has 0 unspecified atom stereocenters. The lowest BCUT2D eigenvalue weighted by Gasteiger charge is -2.01. The van der Waals surface area contributed by atoms with E-state index in [-0.39, 0.29) is 0 Å². The molecule has 0 aromatic carbocycles. The van der Waals surface area contributed by atoms with Crippen molar-refractivity contribution in [1.82, 2.24) is 19.7 Å². The zero-order chi connectivity index (χ0) is 9.80. The van der Waals surface area contributed by atoms with Crippen LogP contribution in [0.1, 0.15) is 4.88 Å². The number of aryl methyl sites for hydroxylation is 1. The first-order valence-electron chi connectivity index (χ1n) is 4.33. The molecule has 0 saturated heterocycles. The molecule has 0 aliphatic rings. The van der Waals surface area contributed by atoms with Gasteiger partial charge in [-0.15, -0.1) is 11.3 Å². The van der Waals surface area contributed by atoms with Gasteiger partial charge in [0.25, 0.3) is 0 Å². The van der Waals surface area contributed by atoms with E-state index in [0.29, 0.717) is 0 Å². The van der Waals surface area contributed by atoms with Gasteiger partial charge in [-0.2, -0.15) is 5.10 Å². The maximum atomic E-state index is 4.20. The number of hydrogen-bond acceptors (Lipinski definition) is 5. The standard InChI is InChI=1S/C8H11N5S/c1-7-4-11-8(14-7)10-2-3-13-6-9-5-12-13/h4-6H,2-3H2,1H3,(H,10,11). The zero-order valence-corrected chi connectivity index (χ0v) is 8.66. The number of nitrogens with one attached hydrogen (secondary N) is 1. The molecule has 6 heteroatoms. The Labute approximate surface area is 85.8 Å². The number of aromatic nitrogens is 4. The lowest BCUT2D eigenvalue weighted by molar-refractivity contribution is 0.636. The van der Waals surface area contributed by atoms with Crippen LogP contribution in [0.2, 0.25) is 0 Å². The lowest BCUT2D eigenvalue weighted by atomic mass is 10.6. The van der Waals surface area contributed by atoms with E-state index in [0.717, 1.165) is 18.2 Å². The molecule has 0 fully saturated rings. The Morgan fingerprint density at radius 1 is 1.57 bits per heavy atom. The van der Waals surface area contributed by atoms with Gasteiger partial charge in [-0.1, -0.05) is 0 Å². The van der Waals surface area contributed by atoms with E-state index in [1.165, 1.54) is 11.2 Å². The van der Waals surface area contributed by atoms with Crippen LogP contribution in [0.5, 0.6) is 0 Å². The lowest BCUT2D eigenvalue weighted by Crippen LogP contribution is -2.10. The first-order chi connectivity index (χ1) is 6.84. The second-order valence-corrected chi connectivity index (χ2v) is 4.10. The molecule has 5 nitrogen and oxygen atoms in total. The van der Waals surface area contributed by atoms with Gasteiger partial charge in [-0.05, 0) is 6.92 Å². The maximum Gasteiger partial charge on any atom is 0.182 e. The van der Waals surface area contributed by atoms with Gasteiger partial charge in [-0.3, -0.25) is 4.68 Å². The molecular formula is C8H11N5S. The molecule has 74 valence electrons. The predicted molar refractivity (Wildman–Crippen MR) is 55.4 cm³/mol. The van der Waals surface area contributed by atoms with Gasteiger partial charge in [0, 0.05) is 17.6 Å². The van der Waals surface area contributed by atoms with E-state index in [1.54, 1.807) is 22.3 Å². The number of hydrogen-bond donors (Lipinski definition) is 1. The second kappa shape index (κ2) is 4.19. The molecule has 14 heavy (non-hydrogen) atoms. The Morgan fingerprint density at radius 2 is 2.50 bits per heavy atom. The molecule has 0 saturated carbocycles. The maximum absolute atomic E-state index is 4.20. The van der Waals surface area contributed by atoms with Crippen molar-refractivity contribution >= 4 is 16.5 Å². The molecule has 1 N–H and O–H groups in total. The first-order valence-corrected chi connectivity index (χ1v) is 5.15. The first kappa shape index (κ1) is 9.14. The Balaban J connectivity index is 1.78. The number of nitrogens with zero attached hydrogens (tertiary/aromatic N) is 4. The van der Waals surface area contributed by atoms with Crippen molar-refractivity contribution in [2.24, 2.45) is 0 Å². The molecule has 2 rings (SSSR count). The van der Waals surface area contributed by atoms with Gasteiger partial charge in [0.2, 0.25) is 0 Å². The van der Waals surface area contributed by atoms with Crippen LogP contribution in [0.15, 0.2) is 18.9 Å². The van der Waals surface area contributed by atoms with Gasteiger partial charge < -0.3 is 5.32 Å². The van der Waals surface area contributed by atoms with E-state index in [1.807, 2.05) is 13.1 Å². The van der Waals surface area contributed by atoms with Crippen molar-refractivity contribution in [2.45, 2.75) is 13.5 Å². The van der Waals surface area contributed by atoms with Gasteiger partial charge in [0.05, 0.1) is 6.54 Å². The third kappa shape index (κ3) is 2.29. The highest BCUT2D eigenvalue weighted by molar-refractivity contribution is 7.15. The molecule has 0 atom stereocenters. The van der Waals surface area contributed by atoms with E-state index in [4.69, 9.17) is 0 Å². The Hall–Kier alpha value is -1.43. The van der Waals surface area contributed by atoms with Crippen molar-refractivity contribution in [1.29, 1.82) is 0 Å². The molecule has 0 amide bonds. The summed E-state index contributed by atoms with van der Waals surface area (Å²) in [7, 11) is 0. The van der Waals surface area contributed by atoms with E-state index < -0.39 is 0 Å². The van der Waals surface area contributed by atoms with Gasteiger partial charge in [0.1, 0.15) is 12.7 Å². The van der Waals surface area contributed by atoms with Gasteiger partial charge >= 0.3 is 0 Å². The molecule has 0 radical (unpaired) electrons. The second-order valence-electron chi connectivity index (χ2n) is 2.86.